The van der Waals surface area contributed by atoms with Crippen LogP contribution >= 0.6 is 23.2 Å². The summed E-state index contributed by atoms with van der Waals surface area (Å²) in [6.07, 6.45) is 5.17. The summed E-state index contributed by atoms with van der Waals surface area (Å²) < 4.78 is 17.1. The first-order valence-electron chi connectivity index (χ1n) is 20.5. The van der Waals surface area contributed by atoms with E-state index < -0.39 is 0 Å². The number of carbonyl (C=O) groups excluding carboxylic acids is 2. The van der Waals surface area contributed by atoms with Crippen molar-refractivity contribution < 1.29 is 19.1 Å². The number of hydrogen-bond acceptors (Lipinski definition) is 10. The van der Waals surface area contributed by atoms with E-state index in [0.29, 0.717) is 107 Å². The van der Waals surface area contributed by atoms with E-state index in [9.17, 15) is 19.2 Å². The Hall–Kier alpha value is -5.28. The molecular weight excluding hydrogens is 807 g/mol. The van der Waals surface area contributed by atoms with Crippen molar-refractivity contribution >= 4 is 46.2 Å². The number of nitrogens with zero attached hydrogens (tertiary/aromatic N) is 8. The minimum Gasteiger partial charge on any atom is -0.466 e. The highest BCUT2D eigenvalue weighted by atomic mass is 35.5. The molecule has 0 N–H and O–H groups in total. The minimum absolute atomic E-state index is 0.136. The molecule has 0 unspecified atom stereocenters. The van der Waals surface area contributed by atoms with Gasteiger partial charge in [0.15, 0.2) is 0 Å². The zero-order chi connectivity index (χ0) is 42.2. The van der Waals surface area contributed by atoms with Gasteiger partial charge in [0.05, 0.1) is 46.5 Å². The Kier molecular flexibility index (Phi) is 12.0. The number of esters is 2. The molecule has 2 aromatic carbocycles. The molecule has 2 saturated heterocycles. The number of fused-ring (bicyclic) bond motifs is 2. The second kappa shape index (κ2) is 17.4. The van der Waals surface area contributed by atoms with Crippen molar-refractivity contribution in [3.8, 4) is 33.6 Å². The van der Waals surface area contributed by atoms with Crippen LogP contribution in [0.25, 0.3) is 44.7 Å². The molecule has 314 valence electrons. The van der Waals surface area contributed by atoms with Gasteiger partial charge in [0, 0.05) is 85.3 Å². The number of halogens is 2. The summed E-state index contributed by atoms with van der Waals surface area (Å²) >= 11 is 14.3. The van der Waals surface area contributed by atoms with Gasteiger partial charge in [-0.2, -0.15) is 10.2 Å². The fraction of sp³-hybridized carbons (Fsp3) is 0.409. The van der Waals surface area contributed by atoms with Gasteiger partial charge in [0.25, 0.3) is 11.1 Å². The molecule has 6 heterocycles. The molecule has 6 aromatic rings. The van der Waals surface area contributed by atoms with Crippen LogP contribution in [0, 0.1) is 25.7 Å². The molecule has 2 aliphatic rings. The number of benzene rings is 2. The summed E-state index contributed by atoms with van der Waals surface area (Å²) in [5, 5.41) is 10.4. The van der Waals surface area contributed by atoms with Crippen LogP contribution in [0.1, 0.15) is 38.1 Å². The van der Waals surface area contributed by atoms with Crippen LogP contribution < -0.4 is 11.1 Å². The molecule has 0 radical (unpaired) electrons. The number of hydrogen-bond donors (Lipinski definition) is 0. The summed E-state index contributed by atoms with van der Waals surface area (Å²) in [7, 11) is 0. The Balaban J connectivity index is 1.02. The first-order valence-corrected chi connectivity index (χ1v) is 21.3. The van der Waals surface area contributed by atoms with E-state index in [4.69, 9.17) is 42.9 Å². The Morgan fingerprint density at radius 1 is 0.650 bits per heavy atom. The van der Waals surface area contributed by atoms with Crippen molar-refractivity contribution in [3.05, 3.63) is 103 Å². The van der Waals surface area contributed by atoms with Crippen LogP contribution in [0.4, 0.5) is 0 Å². The van der Waals surface area contributed by atoms with Crippen molar-refractivity contribution in [2.24, 2.45) is 11.8 Å². The fourth-order valence-electron chi connectivity index (χ4n) is 8.55. The standard InChI is InChI=1S/C44H48Cl2N8O6/c1-5-59-43(57)29-13-15-49(25-29)17-19-51-27(3)23-53-37(41(51)55)21-35(47-53)33-11-7-9-31(39(33)45)32-10-8-12-34(40(32)46)36-22-38-42(56)52(28(4)24-54(38)48-36)20-18-50-16-14-30(26-50)44(58)60-6-2/h7-12,21-24,29-30H,5-6,13-20,25-26H2,1-4H3/t29-,30-/m0/s1. The predicted molar refractivity (Wildman–Crippen MR) is 231 cm³/mol. The molecule has 0 spiro atoms. The smallest absolute Gasteiger partial charge is 0.310 e. The van der Waals surface area contributed by atoms with E-state index in [1.54, 1.807) is 30.3 Å². The van der Waals surface area contributed by atoms with Crippen LogP contribution in [0.5, 0.6) is 0 Å². The second-order valence-electron chi connectivity index (χ2n) is 15.6. The van der Waals surface area contributed by atoms with Gasteiger partial charge in [-0.25, -0.2) is 9.03 Å². The van der Waals surface area contributed by atoms with Crippen LogP contribution in [-0.2, 0) is 32.2 Å². The van der Waals surface area contributed by atoms with Gasteiger partial charge >= 0.3 is 11.9 Å². The van der Waals surface area contributed by atoms with E-state index in [2.05, 4.69) is 9.80 Å². The van der Waals surface area contributed by atoms with Crippen molar-refractivity contribution in [2.75, 3.05) is 52.5 Å². The molecule has 0 saturated carbocycles. The summed E-state index contributed by atoms with van der Waals surface area (Å²) in [5.41, 5.74) is 5.74. The lowest BCUT2D eigenvalue weighted by Gasteiger charge is -2.17. The monoisotopic (exact) mass is 854 g/mol. The maximum absolute atomic E-state index is 13.8. The summed E-state index contributed by atoms with van der Waals surface area (Å²) in [6, 6.07) is 14.8. The molecule has 2 aliphatic heterocycles. The van der Waals surface area contributed by atoms with Gasteiger partial charge in [0.2, 0.25) is 0 Å². The Bertz CT molecular complexity index is 2550. The van der Waals surface area contributed by atoms with Gasteiger partial charge in [-0.05, 0) is 65.8 Å². The summed E-state index contributed by atoms with van der Waals surface area (Å²) in [5.74, 6) is -0.593. The fourth-order valence-corrected chi connectivity index (χ4v) is 9.20. The third-order valence-corrected chi connectivity index (χ3v) is 12.6. The molecule has 14 nitrogen and oxygen atoms in total. The van der Waals surface area contributed by atoms with Crippen LogP contribution in [0.15, 0.2) is 70.5 Å². The number of likely N-dealkylation sites (tertiary alicyclic amines) is 2. The molecule has 0 bridgehead atoms. The number of aryl methyl sites for hydroxylation is 2. The van der Waals surface area contributed by atoms with E-state index in [-0.39, 0.29) is 34.9 Å². The van der Waals surface area contributed by atoms with Crippen molar-refractivity contribution in [1.29, 1.82) is 0 Å². The summed E-state index contributed by atoms with van der Waals surface area (Å²) in [6.45, 7) is 13.1. The van der Waals surface area contributed by atoms with Gasteiger partial charge < -0.3 is 28.4 Å². The zero-order valence-electron chi connectivity index (χ0n) is 34.2. The maximum atomic E-state index is 13.8. The van der Waals surface area contributed by atoms with Crippen molar-refractivity contribution in [3.63, 3.8) is 0 Å². The average Bonchev–Trinajstić information content (AvgIpc) is 4.05. The lowest BCUT2D eigenvalue weighted by molar-refractivity contribution is -0.148. The highest BCUT2D eigenvalue weighted by Gasteiger charge is 2.30. The normalized spacial score (nSPS) is 17.3. The Labute approximate surface area is 356 Å². The molecule has 2 fully saturated rings. The highest BCUT2D eigenvalue weighted by Crippen LogP contribution is 2.42. The SMILES string of the molecule is CCOC(=O)[C@H]1CCN(CCn2c(C)cn3nc(-c4cccc(-c5cccc(-c6cc7c(=O)n(CCN8CC[C@H](C(=O)OCC)C8)c(C)cn7n6)c5Cl)c4Cl)cc3c2=O)C1. The molecule has 0 amide bonds. The molecule has 16 heteroatoms. The number of aromatic nitrogens is 6. The topological polar surface area (TPSA) is 138 Å². The van der Waals surface area contributed by atoms with E-state index in [1.807, 2.05) is 76.5 Å². The number of carbonyl (C=O) groups is 2. The first-order chi connectivity index (χ1) is 28.9. The molecular formula is C44H48Cl2N8O6. The maximum Gasteiger partial charge on any atom is 0.310 e. The molecule has 0 aliphatic carbocycles. The van der Waals surface area contributed by atoms with Crippen LogP contribution in [-0.4, -0.2) is 103 Å². The Morgan fingerprint density at radius 2 is 1.05 bits per heavy atom. The van der Waals surface area contributed by atoms with Crippen molar-refractivity contribution in [2.45, 2.75) is 53.6 Å². The third kappa shape index (κ3) is 8.01. The predicted octanol–water partition coefficient (Wildman–Crippen LogP) is 6.00. The number of ether oxygens (including phenoxy) is 2. The Morgan fingerprint density at radius 3 is 1.45 bits per heavy atom. The van der Waals surface area contributed by atoms with Gasteiger partial charge in [-0.1, -0.05) is 59.6 Å². The van der Waals surface area contributed by atoms with Gasteiger partial charge in [0.1, 0.15) is 11.0 Å². The second-order valence-corrected chi connectivity index (χ2v) is 16.3. The average molecular weight is 856 g/mol. The number of rotatable bonds is 13. The van der Waals surface area contributed by atoms with Gasteiger partial charge in [-0.3, -0.25) is 19.2 Å². The van der Waals surface area contributed by atoms with E-state index >= 15 is 0 Å². The molecule has 4 aromatic heterocycles. The third-order valence-electron chi connectivity index (χ3n) is 11.8. The highest BCUT2D eigenvalue weighted by molar-refractivity contribution is 6.39. The zero-order valence-corrected chi connectivity index (χ0v) is 35.7. The lowest BCUT2D eigenvalue weighted by atomic mass is 9.98. The quantitative estimate of drug-likeness (QED) is 0.127. The van der Waals surface area contributed by atoms with E-state index in [0.717, 1.165) is 37.3 Å². The molecule has 8 rings (SSSR count). The van der Waals surface area contributed by atoms with Gasteiger partial charge in [-0.15, -0.1) is 0 Å². The van der Waals surface area contributed by atoms with E-state index in [1.165, 1.54) is 0 Å². The first kappa shape index (κ1) is 41.5. The van der Waals surface area contributed by atoms with Crippen LogP contribution in [0.2, 0.25) is 10.0 Å². The van der Waals surface area contributed by atoms with Crippen molar-refractivity contribution in [1.82, 2.24) is 38.2 Å². The molecule has 2 atom stereocenters. The lowest BCUT2D eigenvalue weighted by Crippen LogP contribution is -2.32. The molecule has 60 heavy (non-hydrogen) atoms. The minimum atomic E-state index is -0.164. The summed E-state index contributed by atoms with van der Waals surface area (Å²) in [4.78, 5) is 56.5. The largest absolute Gasteiger partial charge is 0.466 e. The van der Waals surface area contributed by atoms with Crippen LogP contribution in [0.3, 0.4) is 0 Å².